The van der Waals surface area contributed by atoms with Gasteiger partial charge in [0, 0.05) is 37.3 Å². The van der Waals surface area contributed by atoms with Crippen molar-refractivity contribution in [3.63, 3.8) is 0 Å². The number of hydrogen-bond acceptors (Lipinski definition) is 4. The molecule has 2 aromatic rings. The SMILES string of the molecule is CC(C)c1nnc2n1CC(NC(=O)c1c(Cl)cncc1Cl)CC2. The van der Waals surface area contributed by atoms with Crippen LogP contribution in [0.2, 0.25) is 10.0 Å². The molecule has 1 atom stereocenters. The average molecular weight is 354 g/mol. The highest BCUT2D eigenvalue weighted by Crippen LogP contribution is 2.24. The van der Waals surface area contributed by atoms with Crippen molar-refractivity contribution >= 4 is 29.1 Å². The van der Waals surface area contributed by atoms with Gasteiger partial charge in [-0.15, -0.1) is 10.2 Å². The fourth-order valence-electron chi connectivity index (χ4n) is 2.78. The lowest BCUT2D eigenvalue weighted by Gasteiger charge is -2.26. The van der Waals surface area contributed by atoms with Crippen molar-refractivity contribution < 1.29 is 4.79 Å². The summed E-state index contributed by atoms with van der Waals surface area (Å²) in [6.45, 7) is 4.81. The van der Waals surface area contributed by atoms with E-state index in [0.717, 1.165) is 24.5 Å². The van der Waals surface area contributed by atoms with Crippen molar-refractivity contribution in [3.8, 4) is 0 Å². The molecule has 1 amide bonds. The van der Waals surface area contributed by atoms with Crippen LogP contribution in [0.25, 0.3) is 0 Å². The molecule has 0 saturated carbocycles. The van der Waals surface area contributed by atoms with E-state index in [1.807, 2.05) is 0 Å². The standard InChI is InChI=1S/C15H17Cl2N5O/c1-8(2)14-21-20-12-4-3-9(7-22(12)14)19-15(23)13-10(16)5-18-6-11(13)17/h5-6,8-9H,3-4,7H2,1-2H3,(H,19,23). The predicted molar refractivity (Wildman–Crippen MR) is 87.9 cm³/mol. The Labute approximate surface area is 144 Å². The quantitative estimate of drug-likeness (QED) is 0.920. The van der Waals surface area contributed by atoms with Crippen LogP contribution in [-0.2, 0) is 13.0 Å². The third kappa shape index (κ3) is 3.19. The van der Waals surface area contributed by atoms with Crippen LogP contribution in [0.5, 0.6) is 0 Å². The number of halogens is 2. The van der Waals surface area contributed by atoms with E-state index in [1.54, 1.807) is 0 Å². The van der Waals surface area contributed by atoms with Crippen molar-refractivity contribution in [1.82, 2.24) is 25.1 Å². The number of aryl methyl sites for hydroxylation is 1. The minimum atomic E-state index is -0.282. The van der Waals surface area contributed by atoms with Crippen LogP contribution in [0.4, 0.5) is 0 Å². The Morgan fingerprint density at radius 2 is 2.00 bits per heavy atom. The fourth-order valence-corrected chi connectivity index (χ4v) is 3.32. The highest BCUT2D eigenvalue weighted by molar-refractivity contribution is 6.39. The largest absolute Gasteiger partial charge is 0.347 e. The third-order valence-electron chi connectivity index (χ3n) is 3.91. The zero-order chi connectivity index (χ0) is 16.6. The number of fused-ring (bicyclic) bond motifs is 1. The predicted octanol–water partition coefficient (Wildman–Crippen LogP) is 2.85. The van der Waals surface area contributed by atoms with Gasteiger partial charge in [0.1, 0.15) is 11.6 Å². The Kier molecular flexibility index (Phi) is 4.55. The van der Waals surface area contributed by atoms with Gasteiger partial charge < -0.3 is 9.88 Å². The summed E-state index contributed by atoms with van der Waals surface area (Å²) in [4.78, 5) is 16.3. The van der Waals surface area contributed by atoms with Crippen LogP contribution >= 0.6 is 23.2 Å². The lowest BCUT2D eigenvalue weighted by Crippen LogP contribution is -2.41. The molecule has 3 rings (SSSR count). The molecule has 0 aliphatic carbocycles. The number of amides is 1. The van der Waals surface area contributed by atoms with E-state index >= 15 is 0 Å². The van der Waals surface area contributed by atoms with Crippen LogP contribution < -0.4 is 5.32 Å². The zero-order valence-corrected chi connectivity index (χ0v) is 14.4. The maximum Gasteiger partial charge on any atom is 0.254 e. The molecule has 8 heteroatoms. The fraction of sp³-hybridized carbons (Fsp3) is 0.467. The van der Waals surface area contributed by atoms with Gasteiger partial charge in [0.2, 0.25) is 0 Å². The van der Waals surface area contributed by atoms with E-state index in [-0.39, 0.29) is 33.5 Å². The van der Waals surface area contributed by atoms with Crippen LogP contribution in [-0.4, -0.2) is 31.7 Å². The number of carbonyl (C=O) groups excluding carboxylic acids is 1. The monoisotopic (exact) mass is 353 g/mol. The molecule has 2 aromatic heterocycles. The molecule has 1 aliphatic heterocycles. The van der Waals surface area contributed by atoms with Gasteiger partial charge in [-0.1, -0.05) is 37.0 Å². The summed E-state index contributed by atoms with van der Waals surface area (Å²) >= 11 is 12.1. The van der Waals surface area contributed by atoms with Gasteiger partial charge in [-0.3, -0.25) is 9.78 Å². The second-order valence-corrected chi connectivity index (χ2v) is 6.74. The molecular formula is C15H17Cl2N5O. The number of pyridine rings is 1. The molecule has 0 aromatic carbocycles. The van der Waals surface area contributed by atoms with Crippen LogP contribution in [0.3, 0.4) is 0 Å². The van der Waals surface area contributed by atoms with E-state index in [4.69, 9.17) is 23.2 Å². The Morgan fingerprint density at radius 3 is 2.65 bits per heavy atom. The Bertz CT molecular complexity index is 723. The van der Waals surface area contributed by atoms with Gasteiger partial charge in [0.25, 0.3) is 5.91 Å². The highest BCUT2D eigenvalue weighted by atomic mass is 35.5. The summed E-state index contributed by atoms with van der Waals surface area (Å²) in [7, 11) is 0. The second-order valence-electron chi connectivity index (χ2n) is 5.93. The highest BCUT2D eigenvalue weighted by Gasteiger charge is 2.26. The molecule has 122 valence electrons. The van der Waals surface area contributed by atoms with Crippen LogP contribution in [0.15, 0.2) is 12.4 Å². The van der Waals surface area contributed by atoms with E-state index in [1.165, 1.54) is 12.4 Å². The Hall–Kier alpha value is -1.66. The summed E-state index contributed by atoms with van der Waals surface area (Å²) in [5, 5.41) is 12.0. The van der Waals surface area contributed by atoms with Gasteiger partial charge in [-0.25, -0.2) is 0 Å². The minimum Gasteiger partial charge on any atom is -0.347 e. The molecule has 3 heterocycles. The Morgan fingerprint density at radius 1 is 1.30 bits per heavy atom. The molecule has 0 bridgehead atoms. The third-order valence-corrected chi connectivity index (χ3v) is 4.48. The molecular weight excluding hydrogens is 337 g/mol. The van der Waals surface area contributed by atoms with E-state index in [2.05, 4.69) is 38.9 Å². The van der Waals surface area contributed by atoms with Crippen molar-refractivity contribution in [3.05, 3.63) is 39.7 Å². The van der Waals surface area contributed by atoms with Crippen molar-refractivity contribution in [2.75, 3.05) is 0 Å². The molecule has 0 spiro atoms. The van der Waals surface area contributed by atoms with Gasteiger partial charge in [-0.05, 0) is 6.42 Å². The molecule has 6 nitrogen and oxygen atoms in total. The Balaban J connectivity index is 1.77. The first-order valence-electron chi connectivity index (χ1n) is 7.49. The molecule has 1 unspecified atom stereocenters. The molecule has 23 heavy (non-hydrogen) atoms. The number of nitrogens with one attached hydrogen (secondary N) is 1. The first-order valence-corrected chi connectivity index (χ1v) is 8.24. The maximum atomic E-state index is 12.5. The molecule has 0 fully saturated rings. The van der Waals surface area contributed by atoms with Crippen molar-refractivity contribution in [2.45, 2.75) is 45.2 Å². The second kappa shape index (κ2) is 6.45. The van der Waals surface area contributed by atoms with Gasteiger partial charge in [-0.2, -0.15) is 0 Å². The van der Waals surface area contributed by atoms with Crippen LogP contribution in [0.1, 0.15) is 48.2 Å². The van der Waals surface area contributed by atoms with Gasteiger partial charge >= 0.3 is 0 Å². The van der Waals surface area contributed by atoms with Gasteiger partial charge in [0.05, 0.1) is 15.6 Å². The number of aromatic nitrogens is 4. The maximum absolute atomic E-state index is 12.5. The summed E-state index contributed by atoms with van der Waals surface area (Å²) in [6, 6.07) is -0.0104. The smallest absolute Gasteiger partial charge is 0.254 e. The first-order chi connectivity index (χ1) is 11.0. The summed E-state index contributed by atoms with van der Waals surface area (Å²) in [6.07, 6.45) is 4.42. The number of hydrogen-bond donors (Lipinski definition) is 1. The molecule has 1 N–H and O–H groups in total. The van der Waals surface area contributed by atoms with Crippen molar-refractivity contribution in [2.24, 2.45) is 0 Å². The van der Waals surface area contributed by atoms with E-state index in [9.17, 15) is 4.79 Å². The zero-order valence-electron chi connectivity index (χ0n) is 12.9. The first kappa shape index (κ1) is 16.2. The number of carbonyl (C=O) groups is 1. The van der Waals surface area contributed by atoms with E-state index in [0.29, 0.717) is 6.54 Å². The summed E-state index contributed by atoms with van der Waals surface area (Å²) < 4.78 is 2.09. The van der Waals surface area contributed by atoms with Crippen molar-refractivity contribution in [1.29, 1.82) is 0 Å². The topological polar surface area (TPSA) is 72.7 Å². The lowest BCUT2D eigenvalue weighted by atomic mass is 10.1. The minimum absolute atomic E-state index is 0.0104. The lowest BCUT2D eigenvalue weighted by molar-refractivity contribution is 0.0927. The molecule has 0 saturated heterocycles. The van der Waals surface area contributed by atoms with Crippen LogP contribution in [0, 0.1) is 0 Å². The normalized spacial score (nSPS) is 17.2. The molecule has 1 aliphatic rings. The molecule has 0 radical (unpaired) electrons. The van der Waals surface area contributed by atoms with E-state index < -0.39 is 0 Å². The summed E-state index contributed by atoms with van der Waals surface area (Å²) in [5.41, 5.74) is 0.266. The number of nitrogens with zero attached hydrogens (tertiary/aromatic N) is 4. The average Bonchev–Trinajstić information content (AvgIpc) is 2.90. The van der Waals surface area contributed by atoms with Gasteiger partial charge in [0.15, 0.2) is 0 Å². The number of rotatable bonds is 3. The summed E-state index contributed by atoms with van der Waals surface area (Å²) in [5.74, 6) is 1.92.